The minimum atomic E-state index is -2.48. The van der Waals surface area contributed by atoms with E-state index in [0.29, 0.717) is 19.8 Å². The van der Waals surface area contributed by atoms with E-state index in [1.165, 1.54) is 38.5 Å². The third-order valence-electron chi connectivity index (χ3n) is 3.66. The molecule has 0 aliphatic carbocycles. The summed E-state index contributed by atoms with van der Waals surface area (Å²) >= 11 is 9.11. The molecule has 3 nitrogen and oxygen atoms in total. The third-order valence-corrected chi connectivity index (χ3v) is 9.68. The lowest BCUT2D eigenvalue weighted by molar-refractivity contribution is 0.0712. The van der Waals surface area contributed by atoms with Crippen LogP contribution in [0.5, 0.6) is 0 Å². The molecule has 0 bridgehead atoms. The Kier molecular flexibility index (Phi) is 18.9. The molecule has 0 aromatic rings. The summed E-state index contributed by atoms with van der Waals surface area (Å²) in [6.07, 6.45) is 9.08. The van der Waals surface area contributed by atoms with Crippen molar-refractivity contribution in [3.63, 3.8) is 0 Å². The maximum Gasteiger partial charge on any atom is 0.500 e. The number of unbranched alkanes of at least 4 members (excludes halogenated alkanes) is 5. The minimum Gasteiger partial charge on any atom is -0.374 e. The highest BCUT2D eigenvalue weighted by Crippen LogP contribution is 2.24. The van der Waals surface area contributed by atoms with Crippen molar-refractivity contribution in [2.24, 2.45) is 0 Å². The van der Waals surface area contributed by atoms with E-state index in [1.807, 2.05) is 32.5 Å². The predicted octanol–water partition coefficient (Wildman–Crippen LogP) is 6.54. The van der Waals surface area contributed by atoms with Crippen molar-refractivity contribution in [1.82, 2.24) is 0 Å². The van der Waals surface area contributed by atoms with E-state index in [2.05, 4.69) is 6.92 Å². The van der Waals surface area contributed by atoms with Gasteiger partial charge in [-0.3, -0.25) is 0 Å². The van der Waals surface area contributed by atoms with Crippen molar-refractivity contribution in [3.05, 3.63) is 0 Å². The maximum atomic E-state index is 5.88. The monoisotopic (exact) mass is 426 g/mol. The quantitative estimate of drug-likeness (QED) is 0.149. The normalized spacial score (nSPS) is 11.8. The summed E-state index contributed by atoms with van der Waals surface area (Å²) in [5.41, 5.74) is 0. The van der Waals surface area contributed by atoms with Crippen LogP contribution in [0.15, 0.2) is 0 Å². The summed E-state index contributed by atoms with van der Waals surface area (Å²) < 4.78 is 18.7. The van der Waals surface area contributed by atoms with Gasteiger partial charge in [0, 0.05) is 25.9 Å². The van der Waals surface area contributed by atoms with E-state index < -0.39 is 8.80 Å². The summed E-state index contributed by atoms with van der Waals surface area (Å²) in [5, 5.41) is 0. The standard InChI is InChI=1S/C18H38O3S3Si/c1-5-9-10-11-12-13-15-23-18(22)24-16-14-17-25(19-6-2,20-7-3)21-8-4/h5-17H2,1-4H3. The second kappa shape index (κ2) is 18.3. The Hall–Kier alpha value is 0.887. The molecule has 0 unspecified atom stereocenters. The SMILES string of the molecule is CCCCCCCCSC(=S)SCCC[Si](OCC)(OCC)OCC. The molecule has 150 valence electrons. The number of hydrogen-bond acceptors (Lipinski definition) is 6. The van der Waals surface area contributed by atoms with Crippen molar-refractivity contribution in [2.45, 2.75) is 78.7 Å². The molecule has 0 aliphatic heterocycles. The molecular formula is C18H38O3S3Si. The first kappa shape index (κ1) is 25.9. The van der Waals surface area contributed by atoms with Gasteiger partial charge in [-0.2, -0.15) is 0 Å². The van der Waals surface area contributed by atoms with Gasteiger partial charge in [-0.1, -0.05) is 51.2 Å². The minimum absolute atomic E-state index is 0.645. The zero-order valence-corrected chi connectivity index (χ0v) is 20.1. The molecule has 0 heterocycles. The number of thioether (sulfide) groups is 2. The van der Waals surface area contributed by atoms with E-state index in [1.54, 1.807) is 11.8 Å². The van der Waals surface area contributed by atoms with Gasteiger partial charge in [-0.25, -0.2) is 0 Å². The Morgan fingerprint density at radius 1 is 0.720 bits per heavy atom. The highest BCUT2D eigenvalue weighted by atomic mass is 32.2. The molecule has 0 aromatic carbocycles. The molecule has 0 saturated heterocycles. The molecule has 0 N–H and O–H groups in total. The summed E-state index contributed by atoms with van der Waals surface area (Å²) in [5.74, 6) is 2.18. The molecule has 0 amide bonds. The second-order valence-corrected chi connectivity index (χ2v) is 11.9. The van der Waals surface area contributed by atoms with Crippen LogP contribution in [0, 0.1) is 0 Å². The first-order valence-corrected chi connectivity index (χ1v) is 14.2. The van der Waals surface area contributed by atoms with Crippen molar-refractivity contribution < 1.29 is 13.3 Å². The Morgan fingerprint density at radius 3 is 1.72 bits per heavy atom. The van der Waals surface area contributed by atoms with Gasteiger partial charge < -0.3 is 13.3 Å². The van der Waals surface area contributed by atoms with Gasteiger partial charge >= 0.3 is 8.80 Å². The Balaban J connectivity index is 3.83. The van der Waals surface area contributed by atoms with Gasteiger partial charge in [0.15, 0.2) is 0 Å². The summed E-state index contributed by atoms with van der Waals surface area (Å²) in [6, 6.07) is 0.875. The topological polar surface area (TPSA) is 27.7 Å². The van der Waals surface area contributed by atoms with Crippen molar-refractivity contribution in [3.8, 4) is 0 Å². The molecule has 0 fully saturated rings. The average molecular weight is 427 g/mol. The number of hydrogen-bond donors (Lipinski definition) is 0. The van der Waals surface area contributed by atoms with Gasteiger partial charge in [0.2, 0.25) is 0 Å². The summed E-state index contributed by atoms with van der Waals surface area (Å²) in [4.78, 5) is 0. The van der Waals surface area contributed by atoms with Gasteiger partial charge in [-0.05, 0) is 45.1 Å². The molecule has 25 heavy (non-hydrogen) atoms. The highest BCUT2D eigenvalue weighted by molar-refractivity contribution is 8.47. The number of thiocarbonyl (C=S) groups is 1. The van der Waals surface area contributed by atoms with Crippen LogP contribution in [0.2, 0.25) is 6.04 Å². The molecular weight excluding hydrogens is 388 g/mol. The highest BCUT2D eigenvalue weighted by Gasteiger charge is 2.39. The van der Waals surface area contributed by atoms with E-state index in [9.17, 15) is 0 Å². The molecule has 0 aliphatic rings. The van der Waals surface area contributed by atoms with E-state index in [0.717, 1.165) is 27.5 Å². The van der Waals surface area contributed by atoms with Crippen molar-refractivity contribution >= 4 is 48.1 Å². The Labute approximate surface area is 171 Å². The van der Waals surface area contributed by atoms with Crippen LogP contribution in [0.3, 0.4) is 0 Å². The van der Waals surface area contributed by atoms with Crippen LogP contribution in [-0.2, 0) is 13.3 Å². The Bertz CT molecular complexity index is 303. The molecule has 7 heteroatoms. The lowest BCUT2D eigenvalue weighted by Crippen LogP contribution is -2.46. The number of rotatable bonds is 17. The molecule has 0 aromatic heterocycles. The third kappa shape index (κ3) is 14.6. The predicted molar refractivity (Wildman–Crippen MR) is 121 cm³/mol. The van der Waals surface area contributed by atoms with E-state index in [4.69, 9.17) is 25.5 Å². The van der Waals surface area contributed by atoms with Crippen molar-refractivity contribution in [2.75, 3.05) is 31.3 Å². The van der Waals surface area contributed by atoms with Gasteiger partial charge in [0.25, 0.3) is 0 Å². The maximum absolute atomic E-state index is 5.88. The zero-order valence-electron chi connectivity index (χ0n) is 16.6. The zero-order chi connectivity index (χ0) is 18.8. The summed E-state index contributed by atoms with van der Waals surface area (Å²) in [7, 11) is -2.48. The lowest BCUT2D eigenvalue weighted by Gasteiger charge is -2.28. The van der Waals surface area contributed by atoms with Gasteiger partial charge in [0.05, 0.1) is 0 Å². The molecule has 0 saturated carbocycles. The second-order valence-electron chi connectivity index (χ2n) is 5.80. The fourth-order valence-corrected chi connectivity index (χ4v) is 7.70. The van der Waals surface area contributed by atoms with E-state index >= 15 is 0 Å². The first-order chi connectivity index (χ1) is 12.1. The Morgan fingerprint density at radius 2 is 1.20 bits per heavy atom. The van der Waals surface area contributed by atoms with Crippen molar-refractivity contribution in [1.29, 1.82) is 0 Å². The van der Waals surface area contributed by atoms with E-state index in [-0.39, 0.29) is 0 Å². The van der Waals surface area contributed by atoms with Crippen LogP contribution in [-0.4, -0.2) is 43.7 Å². The lowest BCUT2D eigenvalue weighted by atomic mass is 10.1. The fraction of sp³-hybridized carbons (Fsp3) is 0.944. The average Bonchev–Trinajstić information content (AvgIpc) is 2.59. The summed E-state index contributed by atoms with van der Waals surface area (Å²) in [6.45, 7) is 10.2. The van der Waals surface area contributed by atoms with Crippen LogP contribution < -0.4 is 0 Å². The molecule has 0 radical (unpaired) electrons. The van der Waals surface area contributed by atoms with Crippen LogP contribution in [0.4, 0.5) is 0 Å². The molecule has 0 rings (SSSR count). The molecule has 0 spiro atoms. The smallest absolute Gasteiger partial charge is 0.374 e. The first-order valence-electron chi connectivity index (χ1n) is 9.85. The largest absolute Gasteiger partial charge is 0.500 e. The molecule has 0 atom stereocenters. The van der Waals surface area contributed by atoms with Crippen LogP contribution in [0.25, 0.3) is 0 Å². The van der Waals surface area contributed by atoms with Gasteiger partial charge in [0.1, 0.15) is 3.53 Å². The fourth-order valence-electron chi connectivity index (χ4n) is 2.52. The van der Waals surface area contributed by atoms with Gasteiger partial charge in [-0.15, -0.1) is 23.5 Å². The van der Waals surface area contributed by atoms with Crippen LogP contribution >= 0.6 is 35.7 Å². The van der Waals surface area contributed by atoms with Crippen LogP contribution in [0.1, 0.15) is 72.6 Å².